The van der Waals surface area contributed by atoms with Crippen LogP contribution in [0.2, 0.25) is 5.02 Å². The van der Waals surface area contributed by atoms with Gasteiger partial charge in [0.05, 0.1) is 24.9 Å². The standard InChI is InChI=1S/C22H24ClFN4O2/c1-28-7-3-4-14(11-28)12-30-21-10-19-16(9-20(21)29-2)22(26-13-25-19)27-18-6-5-15(23)8-17(18)24/h5-6,8-10,13-14H,3-4,7,11-12H2,1-2H3,(H,25,26,27)/t14-/m1/s1. The SMILES string of the molecule is COc1cc2c(Nc3ccc(Cl)cc3F)ncnc2cc1OC[C@@H]1CCCN(C)C1. The molecule has 30 heavy (non-hydrogen) atoms. The third-order valence-corrected chi connectivity index (χ3v) is 5.54. The zero-order valence-corrected chi connectivity index (χ0v) is 17.7. The molecule has 2 heterocycles. The molecule has 0 amide bonds. The number of hydrogen-bond donors (Lipinski definition) is 1. The van der Waals surface area contributed by atoms with Gasteiger partial charge in [-0.05, 0) is 50.7 Å². The minimum atomic E-state index is -0.460. The Balaban J connectivity index is 1.60. The van der Waals surface area contributed by atoms with Crippen molar-refractivity contribution < 1.29 is 13.9 Å². The van der Waals surface area contributed by atoms with Gasteiger partial charge in [-0.15, -0.1) is 0 Å². The number of piperidine rings is 1. The number of halogens is 2. The van der Waals surface area contributed by atoms with Crippen LogP contribution in [0.3, 0.4) is 0 Å². The maximum absolute atomic E-state index is 14.2. The topological polar surface area (TPSA) is 59.5 Å². The van der Waals surface area contributed by atoms with E-state index in [9.17, 15) is 4.39 Å². The van der Waals surface area contributed by atoms with Crippen molar-refractivity contribution in [2.75, 3.05) is 39.2 Å². The van der Waals surface area contributed by atoms with Crippen LogP contribution in [0.1, 0.15) is 12.8 Å². The summed E-state index contributed by atoms with van der Waals surface area (Å²) in [6.07, 6.45) is 3.77. The molecule has 4 rings (SSSR count). The van der Waals surface area contributed by atoms with Crippen LogP contribution >= 0.6 is 11.6 Å². The molecule has 3 aromatic rings. The smallest absolute Gasteiger partial charge is 0.163 e. The van der Waals surface area contributed by atoms with Crippen molar-refractivity contribution >= 4 is 34.0 Å². The van der Waals surface area contributed by atoms with Crippen molar-refractivity contribution in [2.45, 2.75) is 12.8 Å². The summed E-state index contributed by atoms with van der Waals surface area (Å²) in [6.45, 7) is 2.79. The zero-order chi connectivity index (χ0) is 21.1. The molecule has 1 N–H and O–H groups in total. The fourth-order valence-electron chi connectivity index (χ4n) is 3.77. The van der Waals surface area contributed by atoms with Crippen LogP contribution in [-0.4, -0.2) is 48.7 Å². The second-order valence-electron chi connectivity index (χ2n) is 7.57. The van der Waals surface area contributed by atoms with Crippen LogP contribution in [0, 0.1) is 11.7 Å². The number of nitrogens with zero attached hydrogens (tertiary/aromatic N) is 3. The van der Waals surface area contributed by atoms with E-state index in [1.165, 1.54) is 18.8 Å². The molecule has 6 nitrogen and oxygen atoms in total. The van der Waals surface area contributed by atoms with Crippen molar-refractivity contribution in [3.05, 3.63) is 47.5 Å². The first-order chi connectivity index (χ1) is 14.5. The van der Waals surface area contributed by atoms with Crippen LogP contribution in [0.5, 0.6) is 11.5 Å². The van der Waals surface area contributed by atoms with Crippen molar-refractivity contribution in [3.63, 3.8) is 0 Å². The molecule has 2 aromatic carbocycles. The van der Waals surface area contributed by atoms with Crippen LogP contribution < -0.4 is 14.8 Å². The molecule has 1 atom stereocenters. The Morgan fingerprint density at radius 2 is 2.10 bits per heavy atom. The molecule has 0 unspecified atom stereocenters. The molecule has 0 saturated carbocycles. The summed E-state index contributed by atoms with van der Waals surface area (Å²) in [5.41, 5.74) is 0.957. The number of methoxy groups -OCH3 is 1. The summed E-state index contributed by atoms with van der Waals surface area (Å²) in [6, 6.07) is 8.09. The van der Waals surface area contributed by atoms with Gasteiger partial charge in [0.15, 0.2) is 11.5 Å². The highest BCUT2D eigenvalue weighted by atomic mass is 35.5. The molecule has 1 aliphatic heterocycles. The van der Waals surface area contributed by atoms with Gasteiger partial charge >= 0.3 is 0 Å². The highest BCUT2D eigenvalue weighted by molar-refractivity contribution is 6.30. The normalized spacial score (nSPS) is 17.1. The number of hydrogen-bond acceptors (Lipinski definition) is 6. The fraction of sp³-hybridized carbons (Fsp3) is 0.364. The molecule has 0 radical (unpaired) electrons. The molecular formula is C22H24ClFN4O2. The van der Waals surface area contributed by atoms with E-state index >= 15 is 0 Å². The number of rotatable bonds is 6. The van der Waals surface area contributed by atoms with Crippen LogP contribution in [-0.2, 0) is 0 Å². The maximum atomic E-state index is 14.2. The zero-order valence-electron chi connectivity index (χ0n) is 17.0. The lowest BCUT2D eigenvalue weighted by Gasteiger charge is -2.29. The lowest BCUT2D eigenvalue weighted by Crippen LogP contribution is -2.34. The second kappa shape index (κ2) is 9.02. The fourth-order valence-corrected chi connectivity index (χ4v) is 3.93. The first kappa shape index (κ1) is 20.6. The highest BCUT2D eigenvalue weighted by Crippen LogP contribution is 2.35. The van der Waals surface area contributed by atoms with Crippen molar-refractivity contribution in [1.82, 2.24) is 14.9 Å². The van der Waals surface area contributed by atoms with Gasteiger partial charge in [-0.1, -0.05) is 11.6 Å². The van der Waals surface area contributed by atoms with E-state index in [1.807, 2.05) is 12.1 Å². The third kappa shape index (κ3) is 4.57. The average Bonchev–Trinajstić information content (AvgIpc) is 2.74. The van der Waals surface area contributed by atoms with Gasteiger partial charge in [-0.25, -0.2) is 14.4 Å². The molecule has 1 aliphatic rings. The molecule has 0 spiro atoms. The van der Waals surface area contributed by atoms with Gasteiger partial charge in [-0.3, -0.25) is 0 Å². The van der Waals surface area contributed by atoms with Crippen molar-refractivity contribution in [1.29, 1.82) is 0 Å². The molecule has 8 heteroatoms. The summed E-state index contributed by atoms with van der Waals surface area (Å²) >= 11 is 5.84. The van der Waals surface area contributed by atoms with Gasteiger partial charge < -0.3 is 19.7 Å². The number of anilines is 2. The summed E-state index contributed by atoms with van der Waals surface area (Å²) in [5, 5.41) is 4.05. The maximum Gasteiger partial charge on any atom is 0.163 e. The van der Waals surface area contributed by atoms with E-state index in [-0.39, 0.29) is 5.69 Å². The summed E-state index contributed by atoms with van der Waals surface area (Å²) in [5.74, 6) is 1.72. The number of fused-ring (bicyclic) bond motifs is 1. The Hall–Kier alpha value is -2.64. The van der Waals surface area contributed by atoms with E-state index in [1.54, 1.807) is 19.2 Å². The lowest BCUT2D eigenvalue weighted by atomic mass is 9.99. The largest absolute Gasteiger partial charge is 0.493 e. The monoisotopic (exact) mass is 430 g/mol. The molecule has 1 aromatic heterocycles. The van der Waals surface area contributed by atoms with E-state index in [0.717, 1.165) is 19.5 Å². The number of ether oxygens (including phenoxy) is 2. The minimum absolute atomic E-state index is 0.278. The van der Waals surface area contributed by atoms with Gasteiger partial charge in [-0.2, -0.15) is 0 Å². The molecule has 1 fully saturated rings. The van der Waals surface area contributed by atoms with Gasteiger partial charge in [0.2, 0.25) is 0 Å². The summed E-state index contributed by atoms with van der Waals surface area (Å²) in [7, 11) is 3.73. The predicted octanol–water partition coefficient (Wildman–Crippen LogP) is 4.90. The van der Waals surface area contributed by atoms with E-state index in [0.29, 0.717) is 45.8 Å². The minimum Gasteiger partial charge on any atom is -0.493 e. The van der Waals surface area contributed by atoms with Crippen LogP contribution in [0.15, 0.2) is 36.7 Å². The van der Waals surface area contributed by atoms with Crippen LogP contribution in [0.4, 0.5) is 15.9 Å². The lowest BCUT2D eigenvalue weighted by molar-refractivity contribution is 0.148. The van der Waals surface area contributed by atoms with Gasteiger partial charge in [0.25, 0.3) is 0 Å². The first-order valence-electron chi connectivity index (χ1n) is 9.89. The van der Waals surface area contributed by atoms with Crippen molar-refractivity contribution in [2.24, 2.45) is 5.92 Å². The predicted molar refractivity (Wildman–Crippen MR) is 116 cm³/mol. The quantitative estimate of drug-likeness (QED) is 0.600. The van der Waals surface area contributed by atoms with E-state index in [2.05, 4.69) is 27.2 Å². The number of benzene rings is 2. The first-order valence-corrected chi connectivity index (χ1v) is 10.3. The second-order valence-corrected chi connectivity index (χ2v) is 8.01. The molecule has 1 saturated heterocycles. The van der Waals surface area contributed by atoms with Gasteiger partial charge in [0, 0.05) is 28.9 Å². The Labute approximate surface area is 180 Å². The molecule has 0 aliphatic carbocycles. The third-order valence-electron chi connectivity index (χ3n) is 5.30. The molecular weight excluding hydrogens is 407 g/mol. The molecule has 0 bridgehead atoms. The average molecular weight is 431 g/mol. The summed E-state index contributed by atoms with van der Waals surface area (Å²) in [4.78, 5) is 11.0. The Bertz CT molecular complexity index is 1050. The molecule has 158 valence electrons. The Morgan fingerprint density at radius 1 is 1.23 bits per heavy atom. The Morgan fingerprint density at radius 3 is 2.87 bits per heavy atom. The number of likely N-dealkylation sites (tertiary alicyclic amines) is 1. The van der Waals surface area contributed by atoms with E-state index in [4.69, 9.17) is 21.1 Å². The Kier molecular flexibility index (Phi) is 6.20. The van der Waals surface area contributed by atoms with E-state index < -0.39 is 5.82 Å². The highest BCUT2D eigenvalue weighted by Gasteiger charge is 2.19. The van der Waals surface area contributed by atoms with Gasteiger partial charge in [0.1, 0.15) is 18.0 Å². The summed E-state index contributed by atoms with van der Waals surface area (Å²) < 4.78 is 25.9. The number of aromatic nitrogens is 2. The van der Waals surface area contributed by atoms with Crippen LogP contribution in [0.25, 0.3) is 10.9 Å². The number of nitrogens with one attached hydrogen (secondary N) is 1. The van der Waals surface area contributed by atoms with Crippen molar-refractivity contribution in [3.8, 4) is 11.5 Å².